The van der Waals surface area contributed by atoms with Crippen molar-refractivity contribution in [3.05, 3.63) is 165 Å². The van der Waals surface area contributed by atoms with E-state index in [0.717, 1.165) is 37.1 Å². The van der Waals surface area contributed by atoms with Crippen molar-refractivity contribution < 1.29 is 13.2 Å². The number of hydrogen-bond acceptors (Lipinski definition) is 2. The highest BCUT2D eigenvalue weighted by Gasteiger charge is 2.30. The summed E-state index contributed by atoms with van der Waals surface area (Å²) in [6, 6.07) is 34.0. The van der Waals surface area contributed by atoms with Crippen LogP contribution in [-0.4, -0.2) is 12.1 Å². The average molecular weight is 683 g/mol. The van der Waals surface area contributed by atoms with Crippen LogP contribution in [0, 0.1) is 13.8 Å². The molecule has 0 amide bonds. The Balaban J connectivity index is 0.000000274. The molecule has 0 saturated heterocycles. The molecule has 0 saturated carbocycles. The van der Waals surface area contributed by atoms with Gasteiger partial charge in [0.2, 0.25) is 0 Å². The van der Waals surface area contributed by atoms with Gasteiger partial charge in [0.05, 0.1) is 5.56 Å². The Hall–Kier alpha value is -3.93. The molecule has 4 aromatic rings. The predicted molar refractivity (Wildman–Crippen MR) is 206 cm³/mol. The number of rotatable bonds is 14. The maximum Gasteiger partial charge on any atom is 0.416 e. The number of aryl methyl sites for hydroxylation is 2. The Morgan fingerprint density at radius 3 is 1.30 bits per heavy atom. The second-order valence-electron chi connectivity index (χ2n) is 14.2. The van der Waals surface area contributed by atoms with Crippen molar-refractivity contribution >= 4 is 0 Å². The van der Waals surface area contributed by atoms with Gasteiger partial charge < -0.3 is 10.6 Å². The number of alkyl halides is 3. The van der Waals surface area contributed by atoms with Crippen LogP contribution in [0.4, 0.5) is 13.2 Å². The molecular formula is C45H57F3N2. The summed E-state index contributed by atoms with van der Waals surface area (Å²) in [6.45, 7) is 18.7. The molecule has 0 spiro atoms. The van der Waals surface area contributed by atoms with Crippen LogP contribution in [0.25, 0.3) is 0 Å². The SMILES string of the molecule is CC(C)=CC(C[C@H](C)c1ccc(C)cc1)NCc1ccc(C(F)(F)F)cc1.CC(C)=CC(C[C@H](C)c1ccc(C)cc1)NCc1ccccc1. The van der Waals surface area contributed by atoms with Gasteiger partial charge in [-0.3, -0.25) is 0 Å². The summed E-state index contributed by atoms with van der Waals surface area (Å²) >= 11 is 0. The van der Waals surface area contributed by atoms with Gasteiger partial charge in [-0.1, -0.05) is 139 Å². The van der Waals surface area contributed by atoms with Gasteiger partial charge in [-0.2, -0.15) is 13.2 Å². The largest absolute Gasteiger partial charge is 0.416 e. The van der Waals surface area contributed by atoms with Crippen LogP contribution in [0.3, 0.4) is 0 Å². The fraction of sp³-hybridized carbons (Fsp3) is 0.378. The van der Waals surface area contributed by atoms with Gasteiger partial charge >= 0.3 is 6.18 Å². The zero-order valence-electron chi connectivity index (χ0n) is 31.2. The molecule has 5 heteroatoms. The molecule has 50 heavy (non-hydrogen) atoms. The summed E-state index contributed by atoms with van der Waals surface area (Å²) in [5.41, 5.74) is 9.44. The van der Waals surface area contributed by atoms with E-state index >= 15 is 0 Å². The summed E-state index contributed by atoms with van der Waals surface area (Å²) in [4.78, 5) is 0. The second-order valence-corrected chi connectivity index (χ2v) is 14.2. The first-order valence-corrected chi connectivity index (χ1v) is 17.8. The van der Waals surface area contributed by atoms with Crippen LogP contribution in [0.15, 0.2) is 126 Å². The first-order chi connectivity index (χ1) is 23.7. The van der Waals surface area contributed by atoms with Crippen LogP contribution in [0.5, 0.6) is 0 Å². The van der Waals surface area contributed by atoms with Gasteiger partial charge in [0.25, 0.3) is 0 Å². The molecule has 0 radical (unpaired) electrons. The summed E-state index contributed by atoms with van der Waals surface area (Å²) in [5, 5.41) is 7.18. The predicted octanol–water partition coefficient (Wildman–Crippen LogP) is 12.2. The van der Waals surface area contributed by atoms with Gasteiger partial charge in [0, 0.05) is 25.2 Å². The molecular weight excluding hydrogens is 626 g/mol. The molecule has 0 bridgehead atoms. The fourth-order valence-electron chi connectivity index (χ4n) is 5.95. The highest BCUT2D eigenvalue weighted by molar-refractivity contribution is 5.27. The third kappa shape index (κ3) is 14.9. The van der Waals surface area contributed by atoms with Gasteiger partial charge in [0.1, 0.15) is 0 Å². The Morgan fingerprint density at radius 1 is 0.560 bits per heavy atom. The van der Waals surface area contributed by atoms with Crippen LogP contribution in [0.1, 0.15) is 105 Å². The van der Waals surface area contributed by atoms with Crippen LogP contribution < -0.4 is 10.6 Å². The minimum absolute atomic E-state index is 0.161. The van der Waals surface area contributed by atoms with Crippen LogP contribution >= 0.6 is 0 Å². The van der Waals surface area contributed by atoms with Gasteiger partial charge in [-0.25, -0.2) is 0 Å². The molecule has 4 rings (SSSR count). The van der Waals surface area contributed by atoms with Crippen molar-refractivity contribution in [2.75, 3.05) is 0 Å². The summed E-state index contributed by atoms with van der Waals surface area (Å²) in [5.74, 6) is 0.922. The minimum Gasteiger partial charge on any atom is -0.306 e. The Kier molecular flexibility index (Phi) is 16.2. The van der Waals surface area contributed by atoms with Crippen molar-refractivity contribution in [2.45, 2.75) is 111 Å². The highest BCUT2D eigenvalue weighted by atomic mass is 19.4. The van der Waals surface area contributed by atoms with E-state index < -0.39 is 11.7 Å². The maximum atomic E-state index is 12.7. The van der Waals surface area contributed by atoms with Crippen molar-refractivity contribution in [1.82, 2.24) is 10.6 Å². The molecule has 0 aliphatic rings. The van der Waals surface area contributed by atoms with E-state index in [2.05, 4.69) is 157 Å². The van der Waals surface area contributed by atoms with Crippen molar-refractivity contribution in [1.29, 1.82) is 0 Å². The van der Waals surface area contributed by atoms with Gasteiger partial charge in [-0.05, 0) is 101 Å². The second kappa shape index (κ2) is 20.1. The summed E-state index contributed by atoms with van der Waals surface area (Å²) < 4.78 is 38.0. The molecule has 2 N–H and O–H groups in total. The summed E-state index contributed by atoms with van der Waals surface area (Å²) in [6.07, 6.45) is 2.29. The number of hydrogen-bond donors (Lipinski definition) is 2. The standard InChI is InChI=1S/C23H28F3N.C22H29N/c1-16(2)13-22(14-18(4)20-9-5-17(3)6-10-20)27-15-19-7-11-21(12-8-19)23(24,25)26;1-17(2)14-22(23-16-20-8-6-5-7-9-20)15-19(4)21-12-10-18(3)11-13-21/h5-13,18,22,27H,14-15H2,1-4H3;5-14,19,22-23H,15-16H2,1-4H3/t18-,22?;19-,22?/m00/s1. The van der Waals surface area contributed by atoms with E-state index in [0.29, 0.717) is 24.4 Å². The lowest BCUT2D eigenvalue weighted by molar-refractivity contribution is -0.137. The normalized spacial score (nSPS) is 13.7. The third-order valence-electron chi connectivity index (χ3n) is 8.84. The molecule has 0 aliphatic carbocycles. The molecule has 0 heterocycles. The molecule has 0 fully saturated rings. The van der Waals surface area contributed by atoms with E-state index in [1.165, 1.54) is 39.0 Å². The van der Waals surface area contributed by atoms with E-state index in [1.807, 2.05) is 0 Å². The molecule has 2 nitrogen and oxygen atoms in total. The minimum atomic E-state index is -4.29. The number of benzene rings is 4. The topological polar surface area (TPSA) is 24.1 Å². The van der Waals surface area contributed by atoms with Crippen molar-refractivity contribution in [3.63, 3.8) is 0 Å². The van der Waals surface area contributed by atoms with E-state index in [4.69, 9.17) is 0 Å². The van der Waals surface area contributed by atoms with Gasteiger partial charge in [0.15, 0.2) is 0 Å². The fourth-order valence-corrected chi connectivity index (χ4v) is 5.95. The molecule has 268 valence electrons. The van der Waals surface area contributed by atoms with Crippen LogP contribution in [-0.2, 0) is 19.3 Å². The summed E-state index contributed by atoms with van der Waals surface area (Å²) in [7, 11) is 0. The lowest BCUT2D eigenvalue weighted by Gasteiger charge is -2.21. The van der Waals surface area contributed by atoms with Crippen LogP contribution in [0.2, 0.25) is 0 Å². The van der Waals surface area contributed by atoms with E-state index in [9.17, 15) is 13.2 Å². The quantitative estimate of drug-likeness (QED) is 0.129. The highest BCUT2D eigenvalue weighted by Crippen LogP contribution is 2.29. The monoisotopic (exact) mass is 682 g/mol. The first kappa shape index (κ1) is 40.5. The maximum absolute atomic E-state index is 12.7. The Morgan fingerprint density at radius 2 is 0.940 bits per heavy atom. The Labute approximate surface area is 299 Å². The molecule has 4 atom stereocenters. The molecule has 2 unspecified atom stereocenters. The van der Waals surface area contributed by atoms with Crippen molar-refractivity contribution in [2.24, 2.45) is 0 Å². The number of halogens is 3. The van der Waals surface area contributed by atoms with E-state index in [-0.39, 0.29) is 6.04 Å². The van der Waals surface area contributed by atoms with E-state index in [1.54, 1.807) is 12.1 Å². The smallest absolute Gasteiger partial charge is 0.306 e. The zero-order chi connectivity index (χ0) is 36.7. The van der Waals surface area contributed by atoms with Crippen molar-refractivity contribution in [3.8, 4) is 0 Å². The molecule has 0 aromatic heterocycles. The lowest BCUT2D eigenvalue weighted by Crippen LogP contribution is -2.28. The zero-order valence-corrected chi connectivity index (χ0v) is 31.2. The lowest BCUT2D eigenvalue weighted by atomic mass is 9.92. The third-order valence-corrected chi connectivity index (χ3v) is 8.84. The average Bonchev–Trinajstić information content (AvgIpc) is 3.07. The molecule has 0 aliphatic heterocycles. The first-order valence-electron chi connectivity index (χ1n) is 17.8. The number of nitrogens with one attached hydrogen (secondary N) is 2. The Bertz CT molecular complexity index is 1590. The molecule has 4 aromatic carbocycles. The van der Waals surface area contributed by atoms with Gasteiger partial charge in [-0.15, -0.1) is 0 Å². The number of allylic oxidation sites excluding steroid dienone is 2.